The van der Waals surface area contributed by atoms with E-state index in [0.29, 0.717) is 19.0 Å². The second-order valence-electron chi connectivity index (χ2n) is 5.53. The van der Waals surface area contributed by atoms with Crippen molar-refractivity contribution in [3.05, 3.63) is 0 Å². The molecule has 2 atom stereocenters. The number of rotatable bonds is 5. The molecular weight excluding hydrogens is 226 g/mol. The molecule has 4 nitrogen and oxygen atoms in total. The van der Waals surface area contributed by atoms with E-state index in [1.54, 1.807) is 0 Å². The number of hydrogen-bond acceptors (Lipinski definition) is 3. The van der Waals surface area contributed by atoms with E-state index < -0.39 is 0 Å². The predicted octanol–water partition coefficient (Wildman–Crippen LogP) is 1.72. The largest absolute Gasteiger partial charge is 0.353 e. The predicted molar refractivity (Wildman–Crippen MR) is 69.8 cm³/mol. The third-order valence-electron chi connectivity index (χ3n) is 3.88. The molecule has 2 N–H and O–H groups in total. The lowest BCUT2D eigenvalue weighted by Gasteiger charge is -2.20. The van der Waals surface area contributed by atoms with E-state index in [1.807, 2.05) is 0 Å². The molecule has 0 spiro atoms. The highest BCUT2D eigenvalue weighted by Crippen LogP contribution is 2.23. The first-order chi connectivity index (χ1) is 8.79. The van der Waals surface area contributed by atoms with Gasteiger partial charge in [-0.25, -0.2) is 0 Å². The summed E-state index contributed by atoms with van der Waals surface area (Å²) in [6.45, 7) is 0.696. The maximum atomic E-state index is 11.5. The Morgan fingerprint density at radius 1 is 1.17 bits per heavy atom. The van der Waals surface area contributed by atoms with Crippen molar-refractivity contribution in [1.29, 1.82) is 5.26 Å². The van der Waals surface area contributed by atoms with E-state index in [9.17, 15) is 4.79 Å². The highest BCUT2D eigenvalue weighted by Gasteiger charge is 2.24. The standard InChI is InChI=1S/C14H23N3O/c15-10-11-4-2-1-3-5-13(11)16-9-8-14(18)17-12-6-7-12/h11-13,16H,1-9H2,(H,17,18). The normalized spacial score (nSPS) is 28.2. The summed E-state index contributed by atoms with van der Waals surface area (Å²) in [5.74, 6) is 0.270. The summed E-state index contributed by atoms with van der Waals surface area (Å²) in [4.78, 5) is 11.5. The Labute approximate surface area is 109 Å². The van der Waals surface area contributed by atoms with Crippen LogP contribution in [-0.4, -0.2) is 24.5 Å². The summed E-state index contributed by atoms with van der Waals surface area (Å²) in [5, 5.41) is 15.5. The van der Waals surface area contributed by atoms with Crippen LogP contribution in [0.5, 0.6) is 0 Å². The molecule has 2 saturated carbocycles. The molecule has 0 radical (unpaired) electrons. The van der Waals surface area contributed by atoms with Crippen LogP contribution < -0.4 is 10.6 Å². The van der Waals surface area contributed by atoms with Gasteiger partial charge < -0.3 is 10.6 Å². The Hall–Kier alpha value is -1.08. The summed E-state index contributed by atoms with van der Waals surface area (Å²) in [7, 11) is 0. The number of amides is 1. The second kappa shape index (κ2) is 6.75. The first-order valence-corrected chi connectivity index (χ1v) is 7.22. The lowest BCUT2D eigenvalue weighted by atomic mass is 9.96. The Morgan fingerprint density at radius 3 is 2.67 bits per heavy atom. The van der Waals surface area contributed by atoms with Gasteiger partial charge in [0.1, 0.15) is 0 Å². The van der Waals surface area contributed by atoms with Crippen molar-refractivity contribution in [3.8, 4) is 6.07 Å². The molecule has 0 aliphatic heterocycles. The van der Waals surface area contributed by atoms with Crippen LogP contribution >= 0.6 is 0 Å². The number of nitrogens with zero attached hydrogens (tertiary/aromatic N) is 1. The number of nitriles is 1. The molecule has 0 aromatic carbocycles. The zero-order valence-electron chi connectivity index (χ0n) is 11.0. The maximum absolute atomic E-state index is 11.5. The molecule has 0 aromatic heterocycles. The number of nitrogens with one attached hydrogen (secondary N) is 2. The van der Waals surface area contributed by atoms with E-state index >= 15 is 0 Å². The summed E-state index contributed by atoms with van der Waals surface area (Å²) >= 11 is 0. The minimum atomic E-state index is 0.124. The minimum Gasteiger partial charge on any atom is -0.353 e. The topological polar surface area (TPSA) is 64.9 Å². The van der Waals surface area contributed by atoms with Crippen molar-refractivity contribution >= 4 is 5.91 Å². The van der Waals surface area contributed by atoms with E-state index in [-0.39, 0.29) is 17.9 Å². The molecule has 0 aromatic rings. The molecule has 0 heterocycles. The van der Waals surface area contributed by atoms with Crippen LogP contribution in [0.2, 0.25) is 0 Å². The Kier molecular flexibility index (Phi) is 5.00. The summed E-state index contributed by atoms with van der Waals surface area (Å²) < 4.78 is 0. The SMILES string of the molecule is N#CC1CCCCCC1NCCC(=O)NC1CC1. The average molecular weight is 249 g/mol. The van der Waals surface area contributed by atoms with Gasteiger partial charge in [0.15, 0.2) is 0 Å². The fourth-order valence-electron chi connectivity index (χ4n) is 2.61. The van der Waals surface area contributed by atoms with Crippen LogP contribution in [0.15, 0.2) is 0 Å². The summed E-state index contributed by atoms with van der Waals surface area (Å²) in [6, 6.07) is 3.14. The van der Waals surface area contributed by atoms with Crippen LogP contribution in [-0.2, 0) is 4.79 Å². The second-order valence-corrected chi connectivity index (χ2v) is 5.53. The fourth-order valence-corrected chi connectivity index (χ4v) is 2.61. The first kappa shape index (κ1) is 13.4. The van der Waals surface area contributed by atoms with Gasteiger partial charge in [-0.3, -0.25) is 4.79 Å². The monoisotopic (exact) mass is 249 g/mol. The quantitative estimate of drug-likeness (QED) is 0.729. The summed E-state index contributed by atoms with van der Waals surface area (Å²) in [5.41, 5.74) is 0. The van der Waals surface area contributed by atoms with Crippen LogP contribution in [0.25, 0.3) is 0 Å². The van der Waals surface area contributed by atoms with Crippen molar-refractivity contribution in [1.82, 2.24) is 10.6 Å². The molecule has 0 bridgehead atoms. The van der Waals surface area contributed by atoms with Crippen molar-refractivity contribution in [2.45, 2.75) is 63.5 Å². The molecule has 0 saturated heterocycles. The van der Waals surface area contributed by atoms with Crippen molar-refractivity contribution in [3.63, 3.8) is 0 Å². The maximum Gasteiger partial charge on any atom is 0.221 e. The van der Waals surface area contributed by atoms with Gasteiger partial charge in [0.05, 0.1) is 12.0 Å². The number of carbonyl (C=O) groups is 1. The minimum absolute atomic E-state index is 0.124. The lowest BCUT2D eigenvalue weighted by Crippen LogP contribution is -2.38. The van der Waals surface area contributed by atoms with E-state index in [2.05, 4.69) is 16.7 Å². The van der Waals surface area contributed by atoms with Crippen molar-refractivity contribution in [2.24, 2.45) is 5.92 Å². The molecule has 2 aliphatic rings. The van der Waals surface area contributed by atoms with Gasteiger partial charge in [-0.15, -0.1) is 0 Å². The Bertz CT molecular complexity index is 319. The smallest absolute Gasteiger partial charge is 0.221 e. The van der Waals surface area contributed by atoms with E-state index in [4.69, 9.17) is 5.26 Å². The van der Waals surface area contributed by atoms with Crippen LogP contribution in [0.4, 0.5) is 0 Å². The lowest BCUT2D eigenvalue weighted by molar-refractivity contribution is -0.121. The molecular formula is C14H23N3O. The number of carbonyl (C=O) groups excluding carboxylic acids is 1. The molecule has 18 heavy (non-hydrogen) atoms. The molecule has 4 heteroatoms. The third-order valence-corrected chi connectivity index (χ3v) is 3.88. The zero-order valence-corrected chi connectivity index (χ0v) is 11.0. The third kappa shape index (κ3) is 4.30. The van der Waals surface area contributed by atoms with Crippen LogP contribution in [0.3, 0.4) is 0 Å². The first-order valence-electron chi connectivity index (χ1n) is 7.22. The highest BCUT2D eigenvalue weighted by molar-refractivity contribution is 5.76. The Balaban J connectivity index is 1.66. The van der Waals surface area contributed by atoms with E-state index in [1.165, 1.54) is 19.3 Å². The molecule has 100 valence electrons. The molecule has 2 aliphatic carbocycles. The van der Waals surface area contributed by atoms with Gasteiger partial charge in [0, 0.05) is 25.0 Å². The van der Waals surface area contributed by atoms with Gasteiger partial charge in [-0.2, -0.15) is 5.26 Å². The molecule has 1 amide bonds. The van der Waals surface area contributed by atoms with Gasteiger partial charge in [0.25, 0.3) is 0 Å². The average Bonchev–Trinajstić information content (AvgIpc) is 3.16. The summed E-state index contributed by atoms with van der Waals surface area (Å²) in [6.07, 6.45) is 8.48. The molecule has 2 unspecified atom stereocenters. The van der Waals surface area contributed by atoms with Crippen LogP contribution in [0.1, 0.15) is 51.4 Å². The van der Waals surface area contributed by atoms with Gasteiger partial charge in [-0.1, -0.05) is 19.3 Å². The van der Waals surface area contributed by atoms with Gasteiger partial charge in [0.2, 0.25) is 5.91 Å². The van der Waals surface area contributed by atoms with E-state index in [0.717, 1.165) is 25.7 Å². The van der Waals surface area contributed by atoms with Crippen molar-refractivity contribution in [2.75, 3.05) is 6.54 Å². The zero-order chi connectivity index (χ0) is 12.8. The van der Waals surface area contributed by atoms with Crippen molar-refractivity contribution < 1.29 is 4.79 Å². The van der Waals surface area contributed by atoms with Gasteiger partial charge >= 0.3 is 0 Å². The van der Waals surface area contributed by atoms with Gasteiger partial charge in [-0.05, 0) is 25.7 Å². The molecule has 2 fully saturated rings. The number of hydrogen-bond donors (Lipinski definition) is 2. The fraction of sp³-hybridized carbons (Fsp3) is 0.857. The highest BCUT2D eigenvalue weighted by atomic mass is 16.1. The molecule has 2 rings (SSSR count). The Morgan fingerprint density at radius 2 is 1.94 bits per heavy atom. The van der Waals surface area contributed by atoms with Crippen LogP contribution in [0, 0.1) is 17.2 Å².